The fourth-order valence-corrected chi connectivity index (χ4v) is 4.21. The number of furan rings is 1. The molecule has 23 heavy (non-hydrogen) atoms. The lowest BCUT2D eigenvalue weighted by atomic mass is 10.1. The van der Waals surface area contributed by atoms with Crippen LogP contribution in [0.3, 0.4) is 0 Å². The third-order valence-corrected chi connectivity index (χ3v) is 5.82. The molecule has 1 aliphatic heterocycles. The zero-order valence-corrected chi connectivity index (χ0v) is 13.9. The van der Waals surface area contributed by atoms with Crippen LogP contribution in [-0.2, 0) is 22.8 Å². The Balaban J connectivity index is 0.00000156. The number of halogens is 1. The van der Waals surface area contributed by atoms with Gasteiger partial charge in [0.15, 0.2) is 0 Å². The molecular weight excluding hydrogens is 334 g/mol. The number of nitrogens with one attached hydrogen (secondary N) is 1. The Hall–Kier alpha value is -1.82. The normalized spacial score (nSPS) is 14.3. The lowest BCUT2D eigenvalue weighted by molar-refractivity contribution is 0.487. The first-order valence-electron chi connectivity index (χ1n) is 7.21. The van der Waals surface area contributed by atoms with Gasteiger partial charge in [-0.25, -0.2) is 8.42 Å². The van der Waals surface area contributed by atoms with Crippen LogP contribution in [0.4, 0.5) is 0 Å². The first-order valence-corrected chi connectivity index (χ1v) is 8.70. The second-order valence-corrected chi connectivity index (χ2v) is 7.35. The maximum atomic E-state index is 12.7. The average Bonchev–Trinajstić information content (AvgIpc) is 2.93. The maximum absolute atomic E-state index is 12.7. The van der Waals surface area contributed by atoms with Gasteiger partial charge in [-0.2, -0.15) is 0 Å². The van der Waals surface area contributed by atoms with Crippen molar-refractivity contribution in [2.45, 2.75) is 22.8 Å². The zero-order chi connectivity index (χ0) is 15.2. The fourth-order valence-electron chi connectivity index (χ4n) is 2.92. The number of benzene rings is 2. The summed E-state index contributed by atoms with van der Waals surface area (Å²) < 4.78 is 31.2. The summed E-state index contributed by atoms with van der Waals surface area (Å²) >= 11 is 0. The van der Waals surface area contributed by atoms with Crippen molar-refractivity contribution >= 4 is 33.2 Å². The molecule has 0 saturated heterocycles. The molecule has 0 spiro atoms. The minimum absolute atomic E-state index is 0. The SMILES string of the molecule is Cl.O=S(=O)(c1ccccc1)c1ccc2c3c(oc2c1)CNCC3. The minimum atomic E-state index is -3.51. The highest BCUT2D eigenvalue weighted by atomic mass is 35.5. The van der Waals surface area contributed by atoms with E-state index in [4.69, 9.17) is 4.42 Å². The van der Waals surface area contributed by atoms with E-state index in [1.54, 1.807) is 42.5 Å². The Morgan fingerprint density at radius 2 is 1.78 bits per heavy atom. The predicted molar refractivity (Wildman–Crippen MR) is 90.8 cm³/mol. The molecule has 2 aromatic carbocycles. The summed E-state index contributed by atoms with van der Waals surface area (Å²) in [6.07, 6.45) is 0.910. The molecule has 0 saturated carbocycles. The van der Waals surface area contributed by atoms with Gasteiger partial charge < -0.3 is 9.73 Å². The van der Waals surface area contributed by atoms with E-state index in [2.05, 4.69) is 5.32 Å². The van der Waals surface area contributed by atoms with Crippen LogP contribution in [-0.4, -0.2) is 15.0 Å². The summed E-state index contributed by atoms with van der Waals surface area (Å²) in [5.74, 6) is 0.913. The topological polar surface area (TPSA) is 59.3 Å². The van der Waals surface area contributed by atoms with Crippen molar-refractivity contribution in [2.75, 3.05) is 6.54 Å². The molecule has 1 N–H and O–H groups in total. The molecule has 0 atom stereocenters. The standard InChI is InChI=1S/C17H15NO3S.ClH/c19-22(20,12-4-2-1-3-5-12)13-6-7-14-15-8-9-18-11-17(15)21-16(14)10-13;/h1-7,10,18H,8-9,11H2;1H. The highest BCUT2D eigenvalue weighted by molar-refractivity contribution is 7.91. The molecule has 3 aromatic rings. The minimum Gasteiger partial charge on any atom is -0.459 e. The van der Waals surface area contributed by atoms with Gasteiger partial charge in [0, 0.05) is 17.0 Å². The molecule has 0 aliphatic carbocycles. The van der Waals surface area contributed by atoms with E-state index in [1.165, 1.54) is 5.56 Å². The first kappa shape index (κ1) is 16.1. The molecular formula is C17H16ClNO3S. The van der Waals surface area contributed by atoms with E-state index in [9.17, 15) is 8.42 Å². The zero-order valence-electron chi connectivity index (χ0n) is 12.3. The van der Waals surface area contributed by atoms with Gasteiger partial charge >= 0.3 is 0 Å². The van der Waals surface area contributed by atoms with Crippen molar-refractivity contribution in [1.82, 2.24) is 5.32 Å². The van der Waals surface area contributed by atoms with Crippen molar-refractivity contribution in [3.8, 4) is 0 Å². The number of rotatable bonds is 2. The van der Waals surface area contributed by atoms with Crippen LogP contribution < -0.4 is 5.32 Å². The summed E-state index contributed by atoms with van der Waals surface area (Å²) in [7, 11) is -3.51. The predicted octanol–water partition coefficient (Wildman–Crippen LogP) is 3.33. The van der Waals surface area contributed by atoms with Gasteiger partial charge in [0.25, 0.3) is 0 Å². The van der Waals surface area contributed by atoms with Crippen LogP contribution >= 0.6 is 12.4 Å². The van der Waals surface area contributed by atoms with Crippen LogP contribution in [0, 0.1) is 0 Å². The Bertz CT molecular complexity index is 949. The van der Waals surface area contributed by atoms with Gasteiger partial charge in [-0.05, 0) is 37.2 Å². The lowest BCUT2D eigenvalue weighted by Crippen LogP contribution is -2.22. The molecule has 4 rings (SSSR count). The Kier molecular flexibility index (Phi) is 4.19. The lowest BCUT2D eigenvalue weighted by Gasteiger charge is -2.10. The molecule has 0 amide bonds. The van der Waals surface area contributed by atoms with E-state index in [1.807, 2.05) is 6.07 Å². The summed E-state index contributed by atoms with van der Waals surface area (Å²) in [5, 5.41) is 4.28. The number of hydrogen-bond donors (Lipinski definition) is 1. The Labute approximate surface area is 140 Å². The van der Waals surface area contributed by atoms with Crippen LogP contribution in [0.25, 0.3) is 11.0 Å². The Morgan fingerprint density at radius 1 is 1.00 bits per heavy atom. The van der Waals surface area contributed by atoms with Crippen LogP contribution in [0.5, 0.6) is 0 Å². The second kappa shape index (κ2) is 6.00. The van der Waals surface area contributed by atoms with Crippen LogP contribution in [0.1, 0.15) is 11.3 Å². The molecule has 0 unspecified atom stereocenters. The molecule has 120 valence electrons. The summed E-state index contributed by atoms with van der Waals surface area (Å²) in [6, 6.07) is 13.6. The van der Waals surface area contributed by atoms with Gasteiger partial charge in [-0.1, -0.05) is 18.2 Å². The van der Waals surface area contributed by atoms with Gasteiger partial charge in [-0.15, -0.1) is 12.4 Å². The van der Waals surface area contributed by atoms with Crippen molar-refractivity contribution in [3.63, 3.8) is 0 Å². The largest absolute Gasteiger partial charge is 0.459 e. The molecule has 0 fully saturated rings. The maximum Gasteiger partial charge on any atom is 0.206 e. The molecule has 1 aromatic heterocycles. The fraction of sp³-hybridized carbons (Fsp3) is 0.176. The third kappa shape index (κ3) is 2.65. The molecule has 4 nitrogen and oxygen atoms in total. The van der Waals surface area contributed by atoms with E-state index >= 15 is 0 Å². The number of hydrogen-bond acceptors (Lipinski definition) is 4. The molecule has 2 heterocycles. The van der Waals surface area contributed by atoms with Gasteiger partial charge in [0.2, 0.25) is 9.84 Å². The van der Waals surface area contributed by atoms with E-state index in [0.29, 0.717) is 17.0 Å². The molecule has 6 heteroatoms. The Morgan fingerprint density at radius 3 is 2.57 bits per heavy atom. The van der Waals surface area contributed by atoms with E-state index < -0.39 is 9.84 Å². The highest BCUT2D eigenvalue weighted by Gasteiger charge is 2.21. The van der Waals surface area contributed by atoms with Gasteiger partial charge in [-0.3, -0.25) is 0 Å². The monoisotopic (exact) mass is 349 g/mol. The first-order chi connectivity index (χ1) is 10.7. The smallest absolute Gasteiger partial charge is 0.206 e. The number of fused-ring (bicyclic) bond motifs is 3. The average molecular weight is 350 g/mol. The molecule has 1 aliphatic rings. The van der Waals surface area contributed by atoms with Crippen molar-refractivity contribution in [2.24, 2.45) is 0 Å². The van der Waals surface area contributed by atoms with E-state index in [0.717, 1.165) is 24.1 Å². The third-order valence-electron chi connectivity index (χ3n) is 4.05. The summed E-state index contributed by atoms with van der Waals surface area (Å²) in [5.41, 5.74) is 1.84. The van der Waals surface area contributed by atoms with Gasteiger partial charge in [0.1, 0.15) is 11.3 Å². The van der Waals surface area contributed by atoms with Crippen LogP contribution in [0.15, 0.2) is 62.7 Å². The number of sulfone groups is 1. The molecule has 0 radical (unpaired) electrons. The highest BCUT2D eigenvalue weighted by Crippen LogP contribution is 2.31. The quantitative estimate of drug-likeness (QED) is 0.771. The van der Waals surface area contributed by atoms with Crippen molar-refractivity contribution in [1.29, 1.82) is 0 Å². The van der Waals surface area contributed by atoms with Crippen molar-refractivity contribution < 1.29 is 12.8 Å². The molecule has 0 bridgehead atoms. The van der Waals surface area contributed by atoms with Gasteiger partial charge in [0.05, 0.1) is 16.3 Å². The summed E-state index contributed by atoms with van der Waals surface area (Å²) in [6.45, 7) is 1.62. The van der Waals surface area contributed by atoms with Crippen LogP contribution in [0.2, 0.25) is 0 Å². The van der Waals surface area contributed by atoms with Crippen molar-refractivity contribution in [3.05, 3.63) is 59.9 Å². The van der Waals surface area contributed by atoms with E-state index in [-0.39, 0.29) is 17.3 Å². The summed E-state index contributed by atoms with van der Waals surface area (Å²) in [4.78, 5) is 0.567. The second-order valence-electron chi connectivity index (χ2n) is 5.41.